The fraction of sp³-hybridized carbons (Fsp3) is 0.462. The fourth-order valence-electron chi connectivity index (χ4n) is 2.59. The van der Waals surface area contributed by atoms with Crippen LogP contribution in [-0.4, -0.2) is 21.5 Å². The van der Waals surface area contributed by atoms with Gasteiger partial charge in [-0.3, -0.25) is 4.40 Å². The first-order valence-corrected chi connectivity index (χ1v) is 6.29. The average Bonchev–Trinajstić information content (AvgIpc) is 2.81. The number of nitrogens with zero attached hydrogens (tertiary/aromatic N) is 2. The van der Waals surface area contributed by atoms with Crippen molar-refractivity contribution in [3.63, 3.8) is 0 Å². The van der Waals surface area contributed by atoms with Crippen LogP contribution in [0.3, 0.4) is 0 Å². The Morgan fingerprint density at radius 2 is 2.18 bits per heavy atom. The second-order valence-corrected chi connectivity index (χ2v) is 4.77. The molecular formula is C13H18N4. The molecule has 2 heterocycles. The monoisotopic (exact) mass is 230 g/mol. The van der Waals surface area contributed by atoms with Gasteiger partial charge in [0, 0.05) is 24.5 Å². The lowest BCUT2D eigenvalue weighted by atomic mass is 9.91. The summed E-state index contributed by atoms with van der Waals surface area (Å²) in [7, 11) is 0. The number of imidazole rings is 1. The molecule has 17 heavy (non-hydrogen) atoms. The number of hydrogen-bond acceptors (Lipinski definition) is 3. The molecule has 0 aliphatic heterocycles. The van der Waals surface area contributed by atoms with Gasteiger partial charge in [0.25, 0.3) is 0 Å². The first kappa shape index (κ1) is 10.6. The average molecular weight is 230 g/mol. The van der Waals surface area contributed by atoms with E-state index >= 15 is 0 Å². The van der Waals surface area contributed by atoms with Crippen molar-refractivity contribution >= 4 is 11.5 Å². The highest BCUT2D eigenvalue weighted by Crippen LogP contribution is 2.21. The number of pyridine rings is 1. The molecule has 4 nitrogen and oxygen atoms in total. The summed E-state index contributed by atoms with van der Waals surface area (Å²) in [6.07, 6.45) is 8.61. The molecule has 0 spiro atoms. The van der Waals surface area contributed by atoms with Gasteiger partial charge in [0.1, 0.15) is 11.5 Å². The zero-order valence-electron chi connectivity index (χ0n) is 9.84. The number of aromatic nitrogens is 2. The third-order valence-corrected chi connectivity index (χ3v) is 3.58. The molecular weight excluding hydrogens is 212 g/mol. The number of fused-ring (bicyclic) bond motifs is 1. The predicted octanol–water partition coefficient (Wildman–Crippen LogP) is 2.02. The summed E-state index contributed by atoms with van der Waals surface area (Å²) in [4.78, 5) is 4.28. The Kier molecular flexibility index (Phi) is 2.73. The number of rotatable bonds is 2. The molecule has 3 N–H and O–H groups in total. The van der Waals surface area contributed by atoms with Crippen molar-refractivity contribution in [1.29, 1.82) is 0 Å². The Morgan fingerprint density at radius 3 is 3.06 bits per heavy atom. The van der Waals surface area contributed by atoms with E-state index in [0.29, 0.717) is 6.04 Å². The number of anilines is 1. The van der Waals surface area contributed by atoms with Crippen molar-refractivity contribution in [2.75, 3.05) is 5.32 Å². The van der Waals surface area contributed by atoms with Crippen LogP contribution < -0.4 is 11.1 Å². The molecule has 2 atom stereocenters. The van der Waals surface area contributed by atoms with Crippen LogP contribution in [-0.2, 0) is 0 Å². The molecule has 3 rings (SSSR count). The molecule has 0 amide bonds. The summed E-state index contributed by atoms with van der Waals surface area (Å²) in [6, 6.07) is 6.76. The molecule has 0 saturated heterocycles. The first-order chi connectivity index (χ1) is 8.34. The molecule has 90 valence electrons. The smallest absolute Gasteiger partial charge is 0.138 e. The largest absolute Gasteiger partial charge is 0.367 e. The van der Waals surface area contributed by atoms with Gasteiger partial charge < -0.3 is 11.1 Å². The van der Waals surface area contributed by atoms with Crippen molar-refractivity contribution in [2.24, 2.45) is 5.73 Å². The molecule has 4 heteroatoms. The fourth-order valence-corrected chi connectivity index (χ4v) is 2.59. The van der Waals surface area contributed by atoms with E-state index < -0.39 is 0 Å². The van der Waals surface area contributed by atoms with Gasteiger partial charge in [-0.15, -0.1) is 0 Å². The molecule has 0 bridgehead atoms. The lowest BCUT2D eigenvalue weighted by Crippen LogP contribution is -2.42. The molecule has 0 radical (unpaired) electrons. The Labute approximate surface area is 101 Å². The second-order valence-electron chi connectivity index (χ2n) is 4.77. The second kappa shape index (κ2) is 4.37. The maximum absolute atomic E-state index is 6.16. The normalized spacial score (nSPS) is 25.0. The van der Waals surface area contributed by atoms with Crippen molar-refractivity contribution in [3.05, 3.63) is 30.6 Å². The summed E-state index contributed by atoms with van der Waals surface area (Å²) in [5.41, 5.74) is 7.13. The molecule has 0 unspecified atom stereocenters. The lowest BCUT2D eigenvalue weighted by Gasteiger charge is -2.30. The van der Waals surface area contributed by atoms with Gasteiger partial charge in [0.15, 0.2) is 0 Å². The van der Waals surface area contributed by atoms with Gasteiger partial charge in [-0.25, -0.2) is 4.98 Å². The molecule has 1 aliphatic carbocycles. The summed E-state index contributed by atoms with van der Waals surface area (Å²) in [5, 5.41) is 3.56. The van der Waals surface area contributed by atoms with Gasteiger partial charge in [0.2, 0.25) is 0 Å². The molecule has 1 aliphatic rings. The van der Waals surface area contributed by atoms with Gasteiger partial charge in [-0.05, 0) is 25.0 Å². The molecule has 1 saturated carbocycles. The maximum Gasteiger partial charge on any atom is 0.138 e. The van der Waals surface area contributed by atoms with Crippen molar-refractivity contribution < 1.29 is 0 Å². The summed E-state index contributed by atoms with van der Waals surface area (Å²) < 4.78 is 2.07. The van der Waals surface area contributed by atoms with Crippen LogP contribution in [0.4, 0.5) is 5.82 Å². The highest BCUT2D eigenvalue weighted by molar-refractivity contribution is 5.50. The zero-order valence-corrected chi connectivity index (χ0v) is 9.84. The number of nitrogens with two attached hydrogens (primary N) is 1. The van der Waals surface area contributed by atoms with Crippen LogP contribution in [0.1, 0.15) is 25.7 Å². The third-order valence-electron chi connectivity index (χ3n) is 3.58. The molecule has 1 fully saturated rings. The quantitative estimate of drug-likeness (QED) is 0.829. The Balaban J connectivity index is 1.86. The minimum atomic E-state index is 0.266. The van der Waals surface area contributed by atoms with E-state index in [2.05, 4.69) is 20.8 Å². The SMILES string of the molecule is N[C@@H]1CCCC[C@H]1Nc1cccc2nccn12. The van der Waals surface area contributed by atoms with Crippen molar-refractivity contribution in [1.82, 2.24) is 9.38 Å². The minimum absolute atomic E-state index is 0.266. The van der Waals surface area contributed by atoms with E-state index in [-0.39, 0.29) is 6.04 Å². The third kappa shape index (κ3) is 2.00. The number of nitrogens with one attached hydrogen (secondary N) is 1. The van der Waals surface area contributed by atoms with Crippen LogP contribution >= 0.6 is 0 Å². The predicted molar refractivity (Wildman–Crippen MR) is 69.0 cm³/mol. The number of hydrogen-bond donors (Lipinski definition) is 2. The topological polar surface area (TPSA) is 55.3 Å². The molecule has 0 aromatic carbocycles. The minimum Gasteiger partial charge on any atom is -0.367 e. The summed E-state index contributed by atoms with van der Waals surface area (Å²) in [6.45, 7) is 0. The lowest BCUT2D eigenvalue weighted by molar-refractivity contribution is 0.403. The van der Waals surface area contributed by atoms with Crippen LogP contribution in [0.2, 0.25) is 0 Å². The maximum atomic E-state index is 6.16. The Morgan fingerprint density at radius 1 is 1.29 bits per heavy atom. The highest BCUT2D eigenvalue weighted by atomic mass is 15.1. The van der Waals surface area contributed by atoms with E-state index in [1.165, 1.54) is 12.8 Å². The van der Waals surface area contributed by atoms with E-state index in [0.717, 1.165) is 24.3 Å². The van der Waals surface area contributed by atoms with E-state index in [1.54, 1.807) is 0 Å². The van der Waals surface area contributed by atoms with Gasteiger partial charge in [-0.2, -0.15) is 0 Å². The van der Waals surface area contributed by atoms with Crippen LogP contribution in [0.25, 0.3) is 5.65 Å². The first-order valence-electron chi connectivity index (χ1n) is 6.29. The van der Waals surface area contributed by atoms with Gasteiger partial charge >= 0.3 is 0 Å². The van der Waals surface area contributed by atoms with E-state index in [9.17, 15) is 0 Å². The molecule has 2 aromatic rings. The van der Waals surface area contributed by atoms with Crippen LogP contribution in [0.15, 0.2) is 30.6 Å². The van der Waals surface area contributed by atoms with Crippen molar-refractivity contribution in [3.8, 4) is 0 Å². The van der Waals surface area contributed by atoms with Crippen molar-refractivity contribution in [2.45, 2.75) is 37.8 Å². The zero-order chi connectivity index (χ0) is 11.7. The standard InChI is InChI=1S/C13H18N4/c14-10-4-1-2-5-11(10)16-13-7-3-6-12-15-8-9-17(12)13/h3,6-11,16H,1-2,4-5,14H2/t10-,11-/m1/s1. The van der Waals surface area contributed by atoms with E-state index in [1.807, 2.05) is 24.5 Å². The summed E-state index contributed by atoms with van der Waals surface area (Å²) >= 11 is 0. The van der Waals surface area contributed by atoms with Crippen LogP contribution in [0.5, 0.6) is 0 Å². The van der Waals surface area contributed by atoms with E-state index in [4.69, 9.17) is 5.73 Å². The van der Waals surface area contributed by atoms with Gasteiger partial charge in [0.05, 0.1) is 0 Å². The molecule has 2 aromatic heterocycles. The Hall–Kier alpha value is -1.55. The van der Waals surface area contributed by atoms with Crippen LogP contribution in [0, 0.1) is 0 Å². The Bertz CT molecular complexity index is 505. The van der Waals surface area contributed by atoms with Gasteiger partial charge in [-0.1, -0.05) is 18.9 Å². The highest BCUT2D eigenvalue weighted by Gasteiger charge is 2.21. The summed E-state index contributed by atoms with van der Waals surface area (Å²) in [5.74, 6) is 1.09.